The second-order valence-electron chi connectivity index (χ2n) is 4.63. The van der Waals surface area contributed by atoms with Gasteiger partial charge in [-0.2, -0.15) is 0 Å². The molecule has 116 valence electrons. The number of hydrogen-bond donors (Lipinski definition) is 0. The van der Waals surface area contributed by atoms with Crippen LogP contribution in [-0.4, -0.2) is 17.5 Å². The van der Waals surface area contributed by atoms with E-state index < -0.39 is 10.9 Å². The van der Waals surface area contributed by atoms with Gasteiger partial charge in [0, 0.05) is 18.2 Å². The van der Waals surface area contributed by atoms with Gasteiger partial charge in [0.25, 0.3) is 5.69 Å². The van der Waals surface area contributed by atoms with Gasteiger partial charge in [0.15, 0.2) is 0 Å². The summed E-state index contributed by atoms with van der Waals surface area (Å²) in [5.41, 5.74) is 1.73. The van der Waals surface area contributed by atoms with Crippen LogP contribution in [0.4, 0.5) is 5.69 Å². The molecule has 0 aliphatic heterocycles. The van der Waals surface area contributed by atoms with Crippen LogP contribution >= 0.6 is 0 Å². The Hall–Kier alpha value is -3.21. The molecule has 23 heavy (non-hydrogen) atoms. The number of ether oxygens (including phenoxy) is 1. The van der Waals surface area contributed by atoms with Crippen LogP contribution in [0.25, 0.3) is 12.2 Å². The predicted octanol–water partition coefficient (Wildman–Crippen LogP) is 3.86. The standard InChI is InChI=1S/C18H15NO4/c20-18(23-14-4-7-15-5-2-1-3-6-15)13-10-16-8-11-17(12-9-16)19(21)22/h1-13H,14H2/b7-4+,13-10+. The first-order chi connectivity index (χ1) is 11.1. The molecule has 0 unspecified atom stereocenters. The molecule has 2 aromatic carbocycles. The van der Waals surface area contributed by atoms with Crippen LogP contribution in [0, 0.1) is 10.1 Å². The zero-order chi connectivity index (χ0) is 16.5. The second-order valence-corrected chi connectivity index (χ2v) is 4.63. The van der Waals surface area contributed by atoms with E-state index in [0.717, 1.165) is 5.56 Å². The maximum Gasteiger partial charge on any atom is 0.331 e. The summed E-state index contributed by atoms with van der Waals surface area (Å²) in [6, 6.07) is 15.6. The van der Waals surface area contributed by atoms with E-state index >= 15 is 0 Å². The van der Waals surface area contributed by atoms with Gasteiger partial charge in [-0.25, -0.2) is 4.79 Å². The molecule has 0 saturated heterocycles. The van der Waals surface area contributed by atoms with E-state index in [-0.39, 0.29) is 12.3 Å². The fourth-order valence-corrected chi connectivity index (χ4v) is 1.80. The minimum atomic E-state index is -0.471. The number of nitro groups is 1. The third-order valence-corrected chi connectivity index (χ3v) is 2.95. The molecule has 0 aliphatic carbocycles. The highest BCUT2D eigenvalue weighted by Crippen LogP contribution is 2.12. The van der Waals surface area contributed by atoms with Crippen molar-refractivity contribution in [1.82, 2.24) is 0 Å². The Kier molecular flexibility index (Phi) is 5.82. The van der Waals surface area contributed by atoms with Crippen molar-refractivity contribution in [3.05, 3.63) is 88.0 Å². The van der Waals surface area contributed by atoms with Crippen molar-refractivity contribution < 1.29 is 14.5 Å². The van der Waals surface area contributed by atoms with Gasteiger partial charge in [0.05, 0.1) is 4.92 Å². The summed E-state index contributed by atoms with van der Waals surface area (Å²) in [5, 5.41) is 10.5. The van der Waals surface area contributed by atoms with Crippen molar-refractivity contribution in [3.8, 4) is 0 Å². The number of carbonyl (C=O) groups is 1. The first-order valence-electron chi connectivity index (χ1n) is 6.96. The van der Waals surface area contributed by atoms with E-state index in [0.29, 0.717) is 5.56 Å². The molecule has 5 nitrogen and oxygen atoms in total. The molecule has 2 aromatic rings. The predicted molar refractivity (Wildman–Crippen MR) is 88.6 cm³/mol. The van der Waals surface area contributed by atoms with Crippen molar-refractivity contribution in [3.63, 3.8) is 0 Å². The Morgan fingerprint density at radius 2 is 1.65 bits per heavy atom. The number of non-ortho nitro benzene ring substituents is 1. The molecule has 0 radical (unpaired) electrons. The molecule has 0 spiro atoms. The Labute approximate surface area is 133 Å². The van der Waals surface area contributed by atoms with Crippen molar-refractivity contribution in [1.29, 1.82) is 0 Å². The lowest BCUT2D eigenvalue weighted by Gasteiger charge is -1.97. The minimum Gasteiger partial charge on any atom is -0.458 e. The van der Waals surface area contributed by atoms with Crippen LogP contribution in [0.2, 0.25) is 0 Å². The van der Waals surface area contributed by atoms with E-state index in [4.69, 9.17) is 4.74 Å². The summed E-state index contributed by atoms with van der Waals surface area (Å²) >= 11 is 0. The topological polar surface area (TPSA) is 69.4 Å². The zero-order valence-electron chi connectivity index (χ0n) is 12.3. The molecule has 0 N–H and O–H groups in total. The van der Waals surface area contributed by atoms with Crippen molar-refractivity contribution in [2.24, 2.45) is 0 Å². The SMILES string of the molecule is O=C(/C=C/c1ccc([N+](=O)[O-])cc1)OC/C=C/c1ccccc1. The molecular weight excluding hydrogens is 294 g/mol. The molecule has 0 amide bonds. The van der Waals surface area contributed by atoms with Gasteiger partial charge in [-0.05, 0) is 35.4 Å². The number of rotatable bonds is 6. The Morgan fingerprint density at radius 3 is 2.30 bits per heavy atom. The average Bonchev–Trinajstić information content (AvgIpc) is 2.58. The van der Waals surface area contributed by atoms with Gasteiger partial charge < -0.3 is 4.74 Å². The van der Waals surface area contributed by atoms with Gasteiger partial charge in [-0.3, -0.25) is 10.1 Å². The minimum absolute atomic E-state index is 0.00998. The fourth-order valence-electron chi connectivity index (χ4n) is 1.80. The molecule has 2 rings (SSSR count). The molecule has 0 fully saturated rings. The van der Waals surface area contributed by atoms with Crippen molar-refractivity contribution in [2.75, 3.05) is 6.61 Å². The number of esters is 1. The average molecular weight is 309 g/mol. The zero-order valence-corrected chi connectivity index (χ0v) is 12.3. The number of carbonyl (C=O) groups excluding carboxylic acids is 1. The van der Waals surface area contributed by atoms with E-state index in [2.05, 4.69) is 0 Å². The van der Waals surface area contributed by atoms with E-state index in [1.165, 1.54) is 18.2 Å². The third-order valence-electron chi connectivity index (χ3n) is 2.95. The van der Waals surface area contributed by atoms with E-state index in [1.54, 1.807) is 24.3 Å². The lowest BCUT2D eigenvalue weighted by molar-refractivity contribution is -0.384. The molecule has 0 saturated carbocycles. The first kappa shape index (κ1) is 16.2. The Morgan fingerprint density at radius 1 is 1.00 bits per heavy atom. The van der Waals surface area contributed by atoms with E-state index in [9.17, 15) is 14.9 Å². The van der Waals surface area contributed by atoms with Gasteiger partial charge in [0.2, 0.25) is 0 Å². The molecule has 0 atom stereocenters. The van der Waals surface area contributed by atoms with Gasteiger partial charge >= 0.3 is 5.97 Å². The maximum atomic E-state index is 11.6. The summed E-state index contributed by atoms with van der Waals surface area (Å²) in [5.74, 6) is -0.471. The van der Waals surface area contributed by atoms with Crippen molar-refractivity contribution >= 4 is 23.8 Å². The molecular formula is C18H15NO4. The number of nitro benzene ring substituents is 1. The Bertz CT molecular complexity index is 718. The summed E-state index contributed by atoms with van der Waals surface area (Å²) in [6.07, 6.45) is 6.46. The number of hydrogen-bond acceptors (Lipinski definition) is 4. The first-order valence-corrected chi connectivity index (χ1v) is 6.96. The Balaban J connectivity index is 1.80. The van der Waals surface area contributed by atoms with Crippen LogP contribution in [-0.2, 0) is 9.53 Å². The quantitative estimate of drug-likeness (QED) is 0.351. The number of benzene rings is 2. The van der Waals surface area contributed by atoms with Crippen LogP contribution in [0.1, 0.15) is 11.1 Å². The summed E-state index contributed by atoms with van der Waals surface area (Å²) < 4.78 is 5.03. The van der Waals surface area contributed by atoms with Crippen LogP contribution in [0.3, 0.4) is 0 Å². The van der Waals surface area contributed by atoms with E-state index in [1.807, 2.05) is 36.4 Å². The monoisotopic (exact) mass is 309 g/mol. The van der Waals surface area contributed by atoms with Crippen LogP contribution < -0.4 is 0 Å². The van der Waals surface area contributed by atoms with Crippen molar-refractivity contribution in [2.45, 2.75) is 0 Å². The largest absolute Gasteiger partial charge is 0.458 e. The summed E-state index contributed by atoms with van der Waals surface area (Å²) in [4.78, 5) is 21.6. The van der Waals surface area contributed by atoms with Gasteiger partial charge in [-0.1, -0.05) is 36.4 Å². The fraction of sp³-hybridized carbons (Fsp3) is 0.0556. The van der Waals surface area contributed by atoms with Gasteiger partial charge in [-0.15, -0.1) is 0 Å². The highest BCUT2D eigenvalue weighted by atomic mass is 16.6. The summed E-state index contributed by atoms with van der Waals surface area (Å²) in [7, 11) is 0. The highest BCUT2D eigenvalue weighted by Gasteiger charge is 2.02. The third kappa shape index (κ3) is 5.59. The maximum absolute atomic E-state index is 11.6. The number of nitrogens with zero attached hydrogens (tertiary/aromatic N) is 1. The molecule has 0 heterocycles. The lowest BCUT2D eigenvalue weighted by atomic mass is 10.2. The van der Waals surface area contributed by atoms with Crippen LogP contribution in [0.5, 0.6) is 0 Å². The van der Waals surface area contributed by atoms with Crippen LogP contribution in [0.15, 0.2) is 66.7 Å². The second kappa shape index (κ2) is 8.29. The highest BCUT2D eigenvalue weighted by molar-refractivity contribution is 5.87. The smallest absolute Gasteiger partial charge is 0.331 e. The summed E-state index contributed by atoms with van der Waals surface area (Å²) in [6.45, 7) is 0.179. The normalized spacial score (nSPS) is 11.0. The molecule has 0 aliphatic rings. The molecule has 0 aromatic heterocycles. The molecule has 5 heteroatoms. The molecule has 0 bridgehead atoms. The van der Waals surface area contributed by atoms with Gasteiger partial charge in [0.1, 0.15) is 6.61 Å². The lowest BCUT2D eigenvalue weighted by Crippen LogP contribution is -1.99.